The fraction of sp³-hybridized carbons (Fsp3) is 0.314. The van der Waals surface area contributed by atoms with Crippen molar-refractivity contribution in [3.05, 3.63) is 111 Å². The van der Waals surface area contributed by atoms with Gasteiger partial charge in [-0.3, -0.25) is 9.59 Å². The molecule has 3 unspecified atom stereocenters. The predicted molar refractivity (Wildman–Crippen MR) is 180 cm³/mol. The van der Waals surface area contributed by atoms with Crippen molar-refractivity contribution in [3.63, 3.8) is 0 Å². The molecule has 0 saturated carbocycles. The summed E-state index contributed by atoms with van der Waals surface area (Å²) in [6.07, 6.45) is -2.72. The van der Waals surface area contributed by atoms with Crippen LogP contribution in [0.2, 0.25) is 10.0 Å². The van der Waals surface area contributed by atoms with Crippen LogP contribution in [0.1, 0.15) is 43.2 Å². The van der Waals surface area contributed by atoms with Gasteiger partial charge in [-0.25, -0.2) is 9.48 Å². The minimum atomic E-state index is -1.37. The summed E-state index contributed by atoms with van der Waals surface area (Å²) in [5.41, 5.74) is 2.74. The van der Waals surface area contributed by atoms with Crippen LogP contribution >= 0.6 is 23.2 Å². The van der Waals surface area contributed by atoms with E-state index in [0.717, 1.165) is 11.3 Å². The van der Waals surface area contributed by atoms with Crippen LogP contribution in [0.25, 0.3) is 0 Å². The van der Waals surface area contributed by atoms with Gasteiger partial charge in [0.15, 0.2) is 12.2 Å². The zero-order chi connectivity index (χ0) is 34.4. The summed E-state index contributed by atoms with van der Waals surface area (Å²) in [5, 5.41) is 20.9. The lowest BCUT2D eigenvalue weighted by Crippen LogP contribution is -2.51. The van der Waals surface area contributed by atoms with Gasteiger partial charge in [0.1, 0.15) is 31.0 Å². The number of carbonyl (C=O) groups excluding carboxylic acids is 2. The summed E-state index contributed by atoms with van der Waals surface area (Å²) in [6, 6.07) is 22.1. The molecule has 1 aromatic heterocycles. The Balaban J connectivity index is 1.22. The van der Waals surface area contributed by atoms with Gasteiger partial charge >= 0.3 is 5.97 Å². The average molecular weight is 696 g/mol. The Bertz CT molecular complexity index is 1740. The van der Waals surface area contributed by atoms with Crippen LogP contribution in [-0.2, 0) is 48.8 Å². The lowest BCUT2D eigenvalue weighted by Gasteiger charge is -2.20. The number of nitrogens with zero attached hydrogens (tertiary/aromatic N) is 2. The van der Waals surface area contributed by atoms with Crippen molar-refractivity contribution < 1.29 is 33.7 Å². The quantitative estimate of drug-likeness (QED) is 0.174. The van der Waals surface area contributed by atoms with Crippen molar-refractivity contribution in [3.8, 4) is 5.75 Å². The third-order valence-electron chi connectivity index (χ3n) is 7.68. The Morgan fingerprint density at radius 2 is 1.58 bits per heavy atom. The van der Waals surface area contributed by atoms with Gasteiger partial charge in [0.05, 0.1) is 12.2 Å². The van der Waals surface area contributed by atoms with E-state index in [1.165, 1.54) is 0 Å². The van der Waals surface area contributed by atoms with E-state index in [2.05, 4.69) is 10.6 Å². The summed E-state index contributed by atoms with van der Waals surface area (Å²) in [4.78, 5) is 38.9. The molecule has 1 aliphatic heterocycles. The molecular formula is C35H36Cl2N4O7. The Morgan fingerprint density at radius 3 is 2.21 bits per heavy atom. The normalized spacial score (nSPS) is 16.7. The molecule has 252 valence electrons. The van der Waals surface area contributed by atoms with Crippen LogP contribution in [-0.4, -0.2) is 57.7 Å². The molecule has 11 nitrogen and oxygen atoms in total. The number of hydrogen-bond donors (Lipinski definition) is 3. The zero-order valence-corrected chi connectivity index (χ0v) is 28.1. The van der Waals surface area contributed by atoms with E-state index >= 15 is 0 Å². The second-order valence-electron chi connectivity index (χ2n) is 12.3. The van der Waals surface area contributed by atoms with Crippen molar-refractivity contribution in [2.45, 2.75) is 64.0 Å². The molecule has 5 rings (SSSR count). The van der Waals surface area contributed by atoms with Gasteiger partial charge in [0, 0.05) is 33.5 Å². The molecule has 0 radical (unpaired) electrons. The molecular weight excluding hydrogens is 659 g/mol. The topological polar surface area (TPSA) is 141 Å². The highest BCUT2D eigenvalue weighted by molar-refractivity contribution is 6.35. The van der Waals surface area contributed by atoms with Crippen LogP contribution in [0, 0.1) is 0 Å². The van der Waals surface area contributed by atoms with Crippen LogP contribution < -0.4 is 15.4 Å². The van der Waals surface area contributed by atoms with Gasteiger partial charge in [-0.05, 0) is 35.4 Å². The van der Waals surface area contributed by atoms with Gasteiger partial charge in [-0.2, -0.15) is 5.10 Å². The van der Waals surface area contributed by atoms with Crippen molar-refractivity contribution in [2.75, 3.05) is 12.1 Å². The molecule has 48 heavy (non-hydrogen) atoms. The number of anilines is 1. The largest absolute Gasteiger partial charge is 0.489 e. The first-order chi connectivity index (χ1) is 22.9. The summed E-state index contributed by atoms with van der Waals surface area (Å²) in [6.45, 7) is 6.29. The van der Waals surface area contributed by atoms with Gasteiger partial charge in [-0.1, -0.05) is 92.5 Å². The molecule has 0 spiro atoms. The number of aromatic nitrogens is 2. The number of halogens is 2. The van der Waals surface area contributed by atoms with E-state index in [-0.39, 0.29) is 25.2 Å². The molecule has 3 atom stereocenters. The van der Waals surface area contributed by atoms with Gasteiger partial charge in [-0.15, -0.1) is 0 Å². The first-order valence-electron chi connectivity index (χ1n) is 15.2. The summed E-state index contributed by atoms with van der Waals surface area (Å²) in [7, 11) is 0. The zero-order valence-electron chi connectivity index (χ0n) is 26.6. The van der Waals surface area contributed by atoms with Gasteiger partial charge < -0.3 is 30.0 Å². The van der Waals surface area contributed by atoms with Crippen LogP contribution in [0.4, 0.5) is 5.82 Å². The second-order valence-corrected chi connectivity index (χ2v) is 13.1. The van der Waals surface area contributed by atoms with Crippen molar-refractivity contribution in [1.82, 2.24) is 15.1 Å². The smallest absolute Gasteiger partial charge is 0.326 e. The van der Waals surface area contributed by atoms with Crippen molar-refractivity contribution >= 4 is 46.8 Å². The van der Waals surface area contributed by atoms with E-state index in [1.807, 2.05) is 51.1 Å². The van der Waals surface area contributed by atoms with E-state index in [0.29, 0.717) is 39.3 Å². The molecule has 3 aromatic carbocycles. The maximum Gasteiger partial charge on any atom is 0.326 e. The lowest BCUT2D eigenvalue weighted by molar-refractivity contribution is -0.144. The minimum Gasteiger partial charge on any atom is -0.489 e. The maximum atomic E-state index is 13.4. The SMILES string of the molecule is CC(C)(C)c1cc(NC(=O)C2OCOC2C(=O)NC(Cc2ccc(OCc3c(Cl)cccc3Cl)cc2)C(=O)O)n(Cc2ccccc2)n1. The number of aliphatic carboxylic acids is 1. The standard InChI is InChI=1S/C35H36Cl2N4O7/c1-35(2,3)28-17-29(41(40-28)18-22-8-5-4-6-9-22)39-33(43)31-30(47-20-48-31)32(42)38-27(34(44)45)16-21-12-14-23(15-13-21)46-19-24-25(36)10-7-11-26(24)37/h4-15,17,27,30-31H,16,18-20H2,1-3H3,(H,38,42)(H,39,43)(H,44,45). The highest BCUT2D eigenvalue weighted by Crippen LogP contribution is 2.27. The Labute approximate surface area is 288 Å². The predicted octanol–water partition coefficient (Wildman–Crippen LogP) is 5.61. The molecule has 1 saturated heterocycles. The Morgan fingerprint density at radius 1 is 0.938 bits per heavy atom. The van der Waals surface area contributed by atoms with E-state index in [4.69, 9.17) is 42.5 Å². The highest BCUT2D eigenvalue weighted by atomic mass is 35.5. The number of ether oxygens (including phenoxy) is 3. The number of carboxylic acids is 1. The van der Waals surface area contributed by atoms with Gasteiger partial charge in [0.2, 0.25) is 0 Å². The molecule has 13 heteroatoms. The first kappa shape index (κ1) is 34.9. The molecule has 4 aromatic rings. The van der Waals surface area contributed by atoms with Crippen molar-refractivity contribution in [1.29, 1.82) is 0 Å². The summed E-state index contributed by atoms with van der Waals surface area (Å²) < 4.78 is 18.4. The summed E-state index contributed by atoms with van der Waals surface area (Å²) >= 11 is 12.4. The van der Waals surface area contributed by atoms with Crippen LogP contribution in [0.3, 0.4) is 0 Å². The highest BCUT2D eigenvalue weighted by Gasteiger charge is 2.42. The van der Waals surface area contributed by atoms with Crippen LogP contribution in [0.15, 0.2) is 78.9 Å². The Kier molecular flexibility index (Phi) is 11.1. The number of nitrogens with one attached hydrogen (secondary N) is 2. The molecule has 0 aliphatic carbocycles. The first-order valence-corrected chi connectivity index (χ1v) is 16.0. The number of benzene rings is 3. The number of carbonyl (C=O) groups is 3. The molecule has 1 fully saturated rings. The molecule has 2 amide bonds. The summed E-state index contributed by atoms with van der Waals surface area (Å²) in [5.74, 6) is -1.71. The van der Waals surface area contributed by atoms with Crippen molar-refractivity contribution in [2.24, 2.45) is 0 Å². The number of hydrogen-bond acceptors (Lipinski definition) is 7. The van der Waals surface area contributed by atoms with Gasteiger partial charge in [0.25, 0.3) is 11.8 Å². The number of rotatable bonds is 12. The molecule has 0 bridgehead atoms. The van der Waals surface area contributed by atoms with E-state index < -0.39 is 36.0 Å². The van der Waals surface area contributed by atoms with E-state index in [1.54, 1.807) is 53.2 Å². The second kappa shape index (κ2) is 15.2. The Hall–Kier alpha value is -4.42. The number of amides is 2. The number of carboxylic acid groups (broad SMARTS) is 1. The minimum absolute atomic E-state index is 0.0314. The molecule has 2 heterocycles. The fourth-order valence-corrected chi connectivity index (χ4v) is 5.49. The average Bonchev–Trinajstić information content (AvgIpc) is 3.70. The molecule has 1 aliphatic rings. The third kappa shape index (κ3) is 8.73. The lowest BCUT2D eigenvalue weighted by atomic mass is 9.92. The molecule has 3 N–H and O–H groups in total. The fourth-order valence-electron chi connectivity index (χ4n) is 4.98. The maximum absolute atomic E-state index is 13.4. The van der Waals surface area contributed by atoms with E-state index in [9.17, 15) is 19.5 Å². The monoisotopic (exact) mass is 694 g/mol. The van der Waals surface area contributed by atoms with Crippen LogP contribution in [0.5, 0.6) is 5.75 Å². The third-order valence-corrected chi connectivity index (χ3v) is 8.39.